The van der Waals surface area contributed by atoms with Crippen LogP contribution in [0.3, 0.4) is 0 Å². The van der Waals surface area contributed by atoms with E-state index in [9.17, 15) is 0 Å². The first-order chi connectivity index (χ1) is 7.69. The number of benzene rings is 1. The summed E-state index contributed by atoms with van der Waals surface area (Å²) in [5, 5.41) is 4.27. The van der Waals surface area contributed by atoms with Gasteiger partial charge in [-0.05, 0) is 31.5 Å². The third-order valence-corrected chi connectivity index (χ3v) is 3.45. The maximum Gasteiger partial charge on any atom is 0.129 e. The highest BCUT2D eigenvalue weighted by molar-refractivity contribution is 6.31. The Labute approximate surface area is 102 Å². The Kier molecular flexibility index (Phi) is 3.41. The molecule has 1 aliphatic heterocycles. The van der Waals surface area contributed by atoms with Gasteiger partial charge in [0.1, 0.15) is 11.9 Å². The lowest BCUT2D eigenvalue weighted by Gasteiger charge is -2.18. The van der Waals surface area contributed by atoms with Crippen LogP contribution in [-0.4, -0.2) is 12.6 Å². The molecule has 16 heavy (non-hydrogen) atoms. The van der Waals surface area contributed by atoms with Gasteiger partial charge in [-0.25, -0.2) is 0 Å². The van der Waals surface area contributed by atoms with Gasteiger partial charge in [-0.2, -0.15) is 0 Å². The van der Waals surface area contributed by atoms with Gasteiger partial charge in [0, 0.05) is 10.6 Å². The number of ether oxygens (including phenoxy) is 1. The Morgan fingerprint density at radius 1 is 1.38 bits per heavy atom. The van der Waals surface area contributed by atoms with Crippen molar-refractivity contribution in [3.8, 4) is 5.75 Å². The predicted molar refractivity (Wildman–Crippen MR) is 67.3 cm³/mol. The number of likely N-dealkylation sites (N-methyl/N-ethyl adjacent to an activating group) is 1. The van der Waals surface area contributed by atoms with Crippen molar-refractivity contribution < 1.29 is 4.74 Å². The van der Waals surface area contributed by atoms with Crippen LogP contribution in [0.4, 0.5) is 0 Å². The summed E-state index contributed by atoms with van der Waals surface area (Å²) >= 11 is 6.27. The summed E-state index contributed by atoms with van der Waals surface area (Å²) in [6, 6.07) is 4.21. The van der Waals surface area contributed by atoms with Crippen LogP contribution in [0.2, 0.25) is 5.02 Å². The fraction of sp³-hybridized carbons (Fsp3) is 0.538. The number of hydrogen-bond acceptors (Lipinski definition) is 2. The zero-order chi connectivity index (χ0) is 11.7. The van der Waals surface area contributed by atoms with E-state index in [1.807, 2.05) is 12.1 Å². The topological polar surface area (TPSA) is 21.3 Å². The molecule has 2 nitrogen and oxygen atoms in total. The SMILES string of the molecule is CCNC1c2c(Cl)ccc(C)c2OC1CC. The molecule has 0 amide bonds. The molecule has 0 aliphatic carbocycles. The Bertz CT molecular complexity index is 392. The van der Waals surface area contributed by atoms with E-state index in [4.69, 9.17) is 16.3 Å². The van der Waals surface area contributed by atoms with Crippen molar-refractivity contribution in [3.63, 3.8) is 0 Å². The lowest BCUT2D eigenvalue weighted by molar-refractivity contribution is 0.185. The standard InChI is InChI=1S/C13H18ClNO/c1-4-10-12(15-5-2)11-9(14)7-6-8(3)13(11)16-10/h6-7,10,12,15H,4-5H2,1-3H3. The maximum absolute atomic E-state index is 6.27. The van der Waals surface area contributed by atoms with Crippen LogP contribution in [-0.2, 0) is 0 Å². The highest BCUT2D eigenvalue weighted by Gasteiger charge is 2.35. The molecule has 3 heteroatoms. The lowest BCUT2D eigenvalue weighted by atomic mass is 10.0. The van der Waals surface area contributed by atoms with E-state index in [-0.39, 0.29) is 12.1 Å². The molecule has 0 bridgehead atoms. The fourth-order valence-corrected chi connectivity index (χ4v) is 2.57. The summed E-state index contributed by atoms with van der Waals surface area (Å²) in [5.41, 5.74) is 2.30. The van der Waals surface area contributed by atoms with Gasteiger partial charge >= 0.3 is 0 Å². The summed E-state index contributed by atoms with van der Waals surface area (Å²) < 4.78 is 5.99. The van der Waals surface area contributed by atoms with E-state index < -0.39 is 0 Å². The second-order valence-corrected chi connectivity index (χ2v) is 4.61. The number of halogens is 1. The van der Waals surface area contributed by atoms with Crippen molar-refractivity contribution in [2.75, 3.05) is 6.54 Å². The van der Waals surface area contributed by atoms with Crippen molar-refractivity contribution in [2.45, 2.75) is 39.3 Å². The van der Waals surface area contributed by atoms with E-state index in [1.165, 1.54) is 5.56 Å². The predicted octanol–water partition coefficient (Wildman–Crippen LogP) is 3.47. The molecule has 0 fully saturated rings. The first-order valence-electron chi connectivity index (χ1n) is 5.88. The van der Waals surface area contributed by atoms with Gasteiger partial charge in [0.2, 0.25) is 0 Å². The summed E-state index contributed by atoms with van der Waals surface area (Å²) in [5.74, 6) is 0.977. The van der Waals surface area contributed by atoms with Gasteiger partial charge in [-0.15, -0.1) is 0 Å². The van der Waals surface area contributed by atoms with Crippen molar-refractivity contribution >= 4 is 11.6 Å². The van der Waals surface area contributed by atoms with E-state index in [1.54, 1.807) is 0 Å². The third kappa shape index (κ3) is 1.80. The molecule has 0 saturated carbocycles. The molecule has 2 unspecified atom stereocenters. The van der Waals surface area contributed by atoms with Gasteiger partial charge in [0.15, 0.2) is 0 Å². The van der Waals surface area contributed by atoms with E-state index >= 15 is 0 Å². The first-order valence-corrected chi connectivity index (χ1v) is 6.25. The van der Waals surface area contributed by atoms with Gasteiger partial charge in [0.25, 0.3) is 0 Å². The molecular weight excluding hydrogens is 222 g/mol. The molecule has 0 aromatic heterocycles. The van der Waals surface area contributed by atoms with Crippen LogP contribution in [0.5, 0.6) is 5.75 Å². The van der Waals surface area contributed by atoms with Gasteiger partial charge in [-0.3, -0.25) is 0 Å². The highest BCUT2D eigenvalue weighted by Crippen LogP contribution is 2.44. The van der Waals surface area contributed by atoms with Crippen molar-refractivity contribution in [1.82, 2.24) is 5.32 Å². The third-order valence-electron chi connectivity index (χ3n) is 3.12. The number of rotatable bonds is 3. The first kappa shape index (κ1) is 11.7. The van der Waals surface area contributed by atoms with E-state index in [2.05, 4.69) is 26.1 Å². The van der Waals surface area contributed by atoms with Gasteiger partial charge in [0.05, 0.1) is 6.04 Å². The summed E-state index contributed by atoms with van der Waals surface area (Å²) in [4.78, 5) is 0. The second kappa shape index (κ2) is 4.64. The normalized spacial score (nSPS) is 23.0. The Morgan fingerprint density at radius 2 is 2.12 bits per heavy atom. The van der Waals surface area contributed by atoms with Crippen molar-refractivity contribution in [2.24, 2.45) is 0 Å². The van der Waals surface area contributed by atoms with E-state index in [0.717, 1.165) is 29.3 Å². The van der Waals surface area contributed by atoms with Crippen LogP contribution in [0.1, 0.15) is 37.4 Å². The highest BCUT2D eigenvalue weighted by atomic mass is 35.5. The Balaban J connectivity index is 2.45. The summed E-state index contributed by atoms with van der Waals surface area (Å²) in [7, 11) is 0. The minimum absolute atomic E-state index is 0.202. The number of aryl methyl sites for hydroxylation is 1. The molecule has 1 aromatic carbocycles. The smallest absolute Gasteiger partial charge is 0.129 e. The molecule has 2 atom stereocenters. The van der Waals surface area contributed by atoms with Crippen LogP contribution in [0, 0.1) is 6.92 Å². The molecule has 88 valence electrons. The molecule has 2 rings (SSSR count). The minimum Gasteiger partial charge on any atom is -0.488 e. The molecule has 1 heterocycles. The molecule has 1 aromatic rings. The molecule has 0 spiro atoms. The Hall–Kier alpha value is -0.730. The van der Waals surface area contributed by atoms with Crippen LogP contribution in [0.15, 0.2) is 12.1 Å². The summed E-state index contributed by atoms with van der Waals surface area (Å²) in [6.07, 6.45) is 1.19. The quantitative estimate of drug-likeness (QED) is 0.872. The van der Waals surface area contributed by atoms with Crippen LogP contribution >= 0.6 is 11.6 Å². The van der Waals surface area contributed by atoms with Gasteiger partial charge < -0.3 is 10.1 Å². The Morgan fingerprint density at radius 3 is 2.75 bits per heavy atom. The molecule has 0 radical (unpaired) electrons. The van der Waals surface area contributed by atoms with Crippen molar-refractivity contribution in [3.05, 3.63) is 28.3 Å². The fourth-order valence-electron chi connectivity index (χ4n) is 2.31. The average molecular weight is 240 g/mol. The minimum atomic E-state index is 0.202. The van der Waals surface area contributed by atoms with Crippen molar-refractivity contribution in [1.29, 1.82) is 0 Å². The van der Waals surface area contributed by atoms with Crippen LogP contribution in [0.25, 0.3) is 0 Å². The monoisotopic (exact) mass is 239 g/mol. The molecular formula is C13H18ClNO. The lowest BCUT2D eigenvalue weighted by Crippen LogP contribution is -2.30. The number of hydrogen-bond donors (Lipinski definition) is 1. The molecule has 1 aliphatic rings. The number of fused-ring (bicyclic) bond motifs is 1. The zero-order valence-corrected chi connectivity index (χ0v) is 10.8. The molecule has 0 saturated heterocycles. The maximum atomic E-state index is 6.27. The average Bonchev–Trinajstić information content (AvgIpc) is 2.64. The zero-order valence-electron chi connectivity index (χ0n) is 10.0. The van der Waals surface area contributed by atoms with Gasteiger partial charge in [-0.1, -0.05) is 31.5 Å². The van der Waals surface area contributed by atoms with E-state index in [0.29, 0.717) is 0 Å². The van der Waals surface area contributed by atoms with Crippen LogP contribution < -0.4 is 10.1 Å². The number of nitrogens with one attached hydrogen (secondary N) is 1. The largest absolute Gasteiger partial charge is 0.488 e. The summed E-state index contributed by atoms with van der Waals surface area (Å²) in [6.45, 7) is 7.24. The second-order valence-electron chi connectivity index (χ2n) is 4.21. The molecule has 1 N–H and O–H groups in total.